The Hall–Kier alpha value is -3.08. The summed E-state index contributed by atoms with van der Waals surface area (Å²) >= 11 is 11.2. The largest absolute Gasteiger partial charge is 0.496 e. The molecule has 8 nitrogen and oxygen atoms in total. The minimum absolute atomic E-state index is 0.181. The number of hydrogen-bond acceptors (Lipinski definition) is 8. The van der Waals surface area contributed by atoms with Crippen molar-refractivity contribution in [2.45, 2.75) is 39.7 Å². The number of carbonyl (C=O) groups excluding carboxylic acids is 1. The van der Waals surface area contributed by atoms with Gasteiger partial charge in [-0.2, -0.15) is 0 Å². The molecule has 1 aliphatic heterocycles. The molecule has 3 aromatic rings. The Balaban J connectivity index is 2.03. The second-order valence-corrected chi connectivity index (χ2v) is 11.1. The molecule has 0 spiro atoms. The molecule has 2 aromatic carbocycles. The maximum absolute atomic E-state index is 14.1. The molecule has 40 heavy (non-hydrogen) atoms. The van der Waals surface area contributed by atoms with Gasteiger partial charge in [-0.25, -0.2) is 9.79 Å². The molecule has 212 valence electrons. The predicted octanol–water partition coefficient (Wildman–Crippen LogP) is 5.41. The van der Waals surface area contributed by atoms with Crippen LogP contribution in [-0.4, -0.2) is 38.0 Å². The first-order valence-electron chi connectivity index (χ1n) is 12.8. The molecule has 1 aromatic heterocycles. The van der Waals surface area contributed by atoms with Gasteiger partial charge in [0.1, 0.15) is 11.8 Å². The molecule has 0 amide bonds. The van der Waals surface area contributed by atoms with Crippen molar-refractivity contribution in [3.63, 3.8) is 0 Å². The van der Waals surface area contributed by atoms with Gasteiger partial charge in [-0.05, 0) is 78.2 Å². The molecular formula is C29H30BrClN2O6S. The number of allylic oxidation sites excluding steroid dienone is 1. The second kappa shape index (κ2) is 13.1. The molecule has 0 saturated heterocycles. The summed E-state index contributed by atoms with van der Waals surface area (Å²) in [5.74, 6) is 1.08. The third-order valence-corrected chi connectivity index (χ3v) is 8.02. The summed E-state index contributed by atoms with van der Waals surface area (Å²) < 4.78 is 25.0. The maximum Gasteiger partial charge on any atom is 0.338 e. The van der Waals surface area contributed by atoms with E-state index in [4.69, 9.17) is 35.5 Å². The van der Waals surface area contributed by atoms with E-state index < -0.39 is 12.0 Å². The van der Waals surface area contributed by atoms with Crippen LogP contribution in [0.4, 0.5) is 0 Å². The van der Waals surface area contributed by atoms with E-state index in [9.17, 15) is 9.59 Å². The first-order chi connectivity index (χ1) is 19.3. The summed E-state index contributed by atoms with van der Waals surface area (Å²) in [7, 11) is 3.11. The number of nitrogens with zero attached hydrogens (tertiary/aromatic N) is 2. The average Bonchev–Trinajstić information content (AvgIpc) is 3.22. The molecule has 0 aliphatic carbocycles. The number of rotatable bonds is 10. The van der Waals surface area contributed by atoms with E-state index in [1.54, 1.807) is 38.3 Å². The highest BCUT2D eigenvalue weighted by atomic mass is 79.9. The lowest BCUT2D eigenvalue weighted by Crippen LogP contribution is -2.40. The Kier molecular flexibility index (Phi) is 9.76. The maximum atomic E-state index is 14.1. The van der Waals surface area contributed by atoms with Gasteiger partial charge in [-0.15, -0.1) is 0 Å². The highest BCUT2D eigenvalue weighted by Crippen LogP contribution is 2.39. The smallest absolute Gasteiger partial charge is 0.338 e. The number of fused-ring (bicyclic) bond motifs is 1. The fourth-order valence-electron chi connectivity index (χ4n) is 4.62. The van der Waals surface area contributed by atoms with Gasteiger partial charge in [0.05, 0.1) is 47.7 Å². The minimum Gasteiger partial charge on any atom is -0.496 e. The molecule has 0 saturated carbocycles. The second-order valence-electron chi connectivity index (χ2n) is 8.77. The molecule has 0 radical (unpaired) electrons. The SMILES string of the molecule is CCCC1=C(C(=O)OCC)[C@H](c2cc(Cl)ccc2OC)n2c(s/c(=C/c3cc(Br)c(OC)c(OCC)c3)c2=O)=N1. The van der Waals surface area contributed by atoms with E-state index in [2.05, 4.69) is 15.9 Å². The van der Waals surface area contributed by atoms with Crippen LogP contribution in [0, 0.1) is 0 Å². The monoisotopic (exact) mass is 648 g/mol. The Bertz CT molecular complexity index is 1650. The third kappa shape index (κ3) is 5.84. The topological polar surface area (TPSA) is 88.4 Å². The van der Waals surface area contributed by atoms with E-state index in [1.807, 2.05) is 26.0 Å². The lowest BCUT2D eigenvalue weighted by molar-refractivity contribution is -0.139. The van der Waals surface area contributed by atoms with Crippen LogP contribution in [0.1, 0.15) is 50.8 Å². The van der Waals surface area contributed by atoms with E-state index in [1.165, 1.54) is 23.0 Å². The van der Waals surface area contributed by atoms with E-state index in [-0.39, 0.29) is 12.2 Å². The molecule has 0 N–H and O–H groups in total. The van der Waals surface area contributed by atoms with Crippen molar-refractivity contribution in [3.05, 3.63) is 81.9 Å². The number of esters is 1. The number of thiazole rings is 1. The summed E-state index contributed by atoms with van der Waals surface area (Å²) in [6, 6.07) is 7.96. The van der Waals surface area contributed by atoms with Crippen LogP contribution < -0.4 is 29.1 Å². The van der Waals surface area contributed by atoms with E-state index >= 15 is 0 Å². The third-order valence-electron chi connectivity index (χ3n) is 6.21. The summed E-state index contributed by atoms with van der Waals surface area (Å²) in [5, 5.41) is 0.446. The van der Waals surface area contributed by atoms with Crippen LogP contribution in [0.5, 0.6) is 17.2 Å². The molecule has 0 bridgehead atoms. The number of benzene rings is 2. The molecule has 4 rings (SSSR count). The van der Waals surface area contributed by atoms with Crippen LogP contribution >= 0.6 is 38.9 Å². The zero-order valence-electron chi connectivity index (χ0n) is 22.9. The Morgan fingerprint density at radius 1 is 1.12 bits per heavy atom. The number of carbonyl (C=O) groups is 1. The van der Waals surface area contributed by atoms with Gasteiger partial charge in [0.2, 0.25) is 0 Å². The molecule has 11 heteroatoms. The van der Waals surface area contributed by atoms with Gasteiger partial charge in [0.25, 0.3) is 5.56 Å². The van der Waals surface area contributed by atoms with Crippen LogP contribution in [0.3, 0.4) is 0 Å². The lowest BCUT2D eigenvalue weighted by atomic mass is 9.93. The highest BCUT2D eigenvalue weighted by molar-refractivity contribution is 9.10. The van der Waals surface area contributed by atoms with Crippen molar-refractivity contribution in [1.82, 2.24) is 4.57 Å². The summed E-state index contributed by atoms with van der Waals surface area (Å²) in [6.07, 6.45) is 3.05. The average molecular weight is 650 g/mol. The first kappa shape index (κ1) is 29.9. The van der Waals surface area contributed by atoms with Gasteiger partial charge >= 0.3 is 5.97 Å². The number of aromatic nitrogens is 1. The predicted molar refractivity (Wildman–Crippen MR) is 159 cm³/mol. The fraction of sp³-hybridized carbons (Fsp3) is 0.345. The molecule has 0 unspecified atom stereocenters. The molecule has 2 heterocycles. The number of methoxy groups -OCH3 is 2. The van der Waals surface area contributed by atoms with Crippen LogP contribution in [0.2, 0.25) is 5.02 Å². The Labute approximate surface area is 249 Å². The fourth-order valence-corrected chi connectivity index (χ4v) is 6.44. The van der Waals surface area contributed by atoms with Crippen LogP contribution in [-0.2, 0) is 9.53 Å². The van der Waals surface area contributed by atoms with Gasteiger partial charge in [-0.1, -0.05) is 36.3 Å². The van der Waals surface area contributed by atoms with Crippen molar-refractivity contribution in [3.8, 4) is 17.2 Å². The standard InChI is InChI=1S/C29H30BrClN2O6S/c1-6-9-20-24(28(35)39-8-3)25(18-15-17(31)10-11-21(18)36-4)33-27(34)23(40-29(33)32-20)14-16-12-19(30)26(37-5)22(13-16)38-7-2/h10-15,25H,6-9H2,1-5H3/b23-14+/t25-/m0/s1. The summed E-state index contributed by atoms with van der Waals surface area (Å²) in [4.78, 5) is 32.7. The van der Waals surface area contributed by atoms with Gasteiger partial charge in [0.15, 0.2) is 16.3 Å². The van der Waals surface area contributed by atoms with E-state index in [0.29, 0.717) is 65.9 Å². The molecule has 1 aliphatic rings. The normalized spacial score (nSPS) is 15.0. The van der Waals surface area contributed by atoms with Crippen molar-refractivity contribution < 1.29 is 23.7 Å². The molecule has 0 fully saturated rings. The highest BCUT2D eigenvalue weighted by Gasteiger charge is 2.36. The zero-order valence-corrected chi connectivity index (χ0v) is 26.0. The van der Waals surface area contributed by atoms with Gasteiger partial charge < -0.3 is 18.9 Å². The van der Waals surface area contributed by atoms with Gasteiger partial charge in [-0.3, -0.25) is 9.36 Å². The van der Waals surface area contributed by atoms with Crippen molar-refractivity contribution >= 4 is 50.9 Å². The van der Waals surface area contributed by atoms with Crippen LogP contribution in [0.15, 0.2) is 55.9 Å². The van der Waals surface area contributed by atoms with E-state index in [0.717, 1.165) is 12.0 Å². The quantitative estimate of drug-likeness (QED) is 0.273. The number of halogens is 2. The van der Waals surface area contributed by atoms with Crippen LogP contribution in [0.25, 0.3) is 6.08 Å². The number of ether oxygens (including phenoxy) is 4. The Morgan fingerprint density at radius 2 is 1.90 bits per heavy atom. The minimum atomic E-state index is -0.839. The first-order valence-corrected chi connectivity index (χ1v) is 14.8. The zero-order chi connectivity index (χ0) is 29.0. The lowest BCUT2D eigenvalue weighted by Gasteiger charge is -2.27. The summed E-state index contributed by atoms with van der Waals surface area (Å²) in [6.45, 7) is 6.27. The van der Waals surface area contributed by atoms with Crippen molar-refractivity contribution in [2.75, 3.05) is 27.4 Å². The molecule has 1 atom stereocenters. The van der Waals surface area contributed by atoms with Crippen molar-refractivity contribution in [1.29, 1.82) is 0 Å². The van der Waals surface area contributed by atoms with Crippen molar-refractivity contribution in [2.24, 2.45) is 4.99 Å². The summed E-state index contributed by atoms with van der Waals surface area (Å²) in [5.41, 5.74) is 1.87. The van der Waals surface area contributed by atoms with Gasteiger partial charge in [0, 0.05) is 10.6 Å². The number of hydrogen-bond donors (Lipinski definition) is 0. The molecular weight excluding hydrogens is 620 g/mol. The Morgan fingerprint density at radius 3 is 2.55 bits per heavy atom.